The fourth-order valence-corrected chi connectivity index (χ4v) is 2.48. The Morgan fingerprint density at radius 3 is 2.18 bits per heavy atom. The molecule has 1 aromatic carbocycles. The van der Waals surface area contributed by atoms with Crippen molar-refractivity contribution in [2.45, 2.75) is 30.4 Å². The van der Waals surface area contributed by atoms with E-state index >= 15 is 0 Å². The molecule has 0 unspecified atom stereocenters. The van der Waals surface area contributed by atoms with Crippen LogP contribution in [0.5, 0.6) is 11.5 Å². The van der Waals surface area contributed by atoms with Crippen molar-refractivity contribution < 1.29 is 9.47 Å². The second-order valence-electron chi connectivity index (χ2n) is 4.54. The van der Waals surface area contributed by atoms with E-state index in [0.29, 0.717) is 6.54 Å². The van der Waals surface area contributed by atoms with Gasteiger partial charge in [0.1, 0.15) is 0 Å². The topological polar surface area (TPSA) is 44.5 Å². The fourth-order valence-electron chi connectivity index (χ4n) is 1.41. The molecule has 0 aromatic heterocycles. The molecule has 0 saturated heterocycles. The number of thioether (sulfide) groups is 1. The van der Waals surface area contributed by atoms with E-state index in [2.05, 4.69) is 20.8 Å². The van der Waals surface area contributed by atoms with Gasteiger partial charge in [0, 0.05) is 16.2 Å². The van der Waals surface area contributed by atoms with Crippen molar-refractivity contribution in [2.24, 2.45) is 5.73 Å². The largest absolute Gasteiger partial charge is 0.493 e. The van der Waals surface area contributed by atoms with Crippen LogP contribution in [0.1, 0.15) is 19.4 Å². The maximum Gasteiger partial charge on any atom is 0.161 e. The molecule has 2 N–H and O–H groups in total. The molecule has 1 rings (SSSR count). The molecule has 1 aromatic rings. The summed E-state index contributed by atoms with van der Waals surface area (Å²) in [4.78, 5) is 1.18. The van der Waals surface area contributed by atoms with Crippen molar-refractivity contribution in [3.63, 3.8) is 0 Å². The highest BCUT2D eigenvalue weighted by Gasteiger charge is 2.19. The van der Waals surface area contributed by atoms with Gasteiger partial charge < -0.3 is 15.2 Å². The molecule has 0 spiro atoms. The van der Waals surface area contributed by atoms with Crippen LogP contribution in [0.25, 0.3) is 0 Å². The molecule has 0 fully saturated rings. The highest BCUT2D eigenvalue weighted by molar-refractivity contribution is 8.00. The molecule has 0 atom stereocenters. The van der Waals surface area contributed by atoms with Crippen LogP contribution in [0.15, 0.2) is 17.0 Å². The normalized spacial score (nSPS) is 11.4. The number of benzene rings is 1. The molecule has 0 amide bonds. The summed E-state index contributed by atoms with van der Waals surface area (Å²) in [5.74, 6) is 1.52. The van der Waals surface area contributed by atoms with Crippen molar-refractivity contribution in [1.29, 1.82) is 0 Å². The third kappa shape index (κ3) is 3.54. The minimum atomic E-state index is 0.0182. The van der Waals surface area contributed by atoms with Gasteiger partial charge in [-0.05, 0) is 38.5 Å². The second-order valence-corrected chi connectivity index (χ2v) is 6.29. The second kappa shape index (κ2) is 5.65. The molecule has 0 aliphatic rings. The lowest BCUT2D eigenvalue weighted by Gasteiger charge is -2.23. The van der Waals surface area contributed by atoms with Crippen LogP contribution in [-0.2, 0) is 0 Å². The summed E-state index contributed by atoms with van der Waals surface area (Å²) >= 11 is 1.76. The third-order valence-electron chi connectivity index (χ3n) is 2.56. The van der Waals surface area contributed by atoms with Gasteiger partial charge in [-0.1, -0.05) is 0 Å². The first-order chi connectivity index (χ1) is 7.93. The molecule has 96 valence electrons. The van der Waals surface area contributed by atoms with Crippen LogP contribution in [0.2, 0.25) is 0 Å². The van der Waals surface area contributed by atoms with E-state index in [1.165, 1.54) is 10.5 Å². The summed E-state index contributed by atoms with van der Waals surface area (Å²) in [5.41, 5.74) is 6.93. The van der Waals surface area contributed by atoms with E-state index in [-0.39, 0.29) is 4.75 Å². The molecule has 4 heteroatoms. The van der Waals surface area contributed by atoms with E-state index in [1.807, 2.05) is 12.1 Å². The molecule has 17 heavy (non-hydrogen) atoms. The van der Waals surface area contributed by atoms with Crippen molar-refractivity contribution in [3.8, 4) is 11.5 Å². The van der Waals surface area contributed by atoms with Crippen molar-refractivity contribution >= 4 is 11.8 Å². The number of hydrogen-bond acceptors (Lipinski definition) is 4. The predicted octanol–water partition coefficient (Wildman–Crippen LogP) is 2.84. The number of ether oxygens (including phenoxy) is 2. The summed E-state index contributed by atoms with van der Waals surface area (Å²) in [6.07, 6.45) is 0. The average molecular weight is 255 g/mol. The van der Waals surface area contributed by atoms with Gasteiger partial charge >= 0.3 is 0 Å². The maximum atomic E-state index is 5.75. The minimum Gasteiger partial charge on any atom is -0.493 e. The monoisotopic (exact) mass is 255 g/mol. The zero-order chi connectivity index (χ0) is 13.1. The van der Waals surface area contributed by atoms with Gasteiger partial charge in [-0.25, -0.2) is 0 Å². The molecule has 0 saturated carbocycles. The Morgan fingerprint density at radius 1 is 1.18 bits per heavy atom. The van der Waals surface area contributed by atoms with Crippen LogP contribution < -0.4 is 15.2 Å². The third-order valence-corrected chi connectivity index (χ3v) is 3.94. The SMILES string of the molecule is COc1cc(C)c(SC(C)(C)CN)cc1OC. The van der Waals surface area contributed by atoms with E-state index in [4.69, 9.17) is 15.2 Å². The van der Waals surface area contributed by atoms with E-state index < -0.39 is 0 Å². The summed E-state index contributed by atoms with van der Waals surface area (Å²) in [6, 6.07) is 4.00. The van der Waals surface area contributed by atoms with Crippen LogP contribution >= 0.6 is 11.8 Å². The number of nitrogens with two attached hydrogens (primary N) is 1. The van der Waals surface area contributed by atoms with Crippen LogP contribution in [0.3, 0.4) is 0 Å². The predicted molar refractivity (Wildman–Crippen MR) is 73.3 cm³/mol. The molecule has 0 aliphatic carbocycles. The first-order valence-electron chi connectivity index (χ1n) is 5.55. The first-order valence-corrected chi connectivity index (χ1v) is 6.37. The summed E-state index contributed by atoms with van der Waals surface area (Å²) < 4.78 is 10.6. The lowest BCUT2D eigenvalue weighted by molar-refractivity contribution is 0.353. The van der Waals surface area contributed by atoms with Gasteiger partial charge in [0.2, 0.25) is 0 Å². The van der Waals surface area contributed by atoms with Crippen LogP contribution in [-0.4, -0.2) is 25.5 Å². The molecule has 0 radical (unpaired) electrons. The average Bonchev–Trinajstić information content (AvgIpc) is 2.31. The first kappa shape index (κ1) is 14.2. The van der Waals surface area contributed by atoms with E-state index in [0.717, 1.165) is 11.5 Å². The Bertz CT molecular complexity index is 391. The Balaban J connectivity index is 3.09. The van der Waals surface area contributed by atoms with Gasteiger partial charge in [0.15, 0.2) is 11.5 Å². The Hall–Kier alpha value is -0.870. The quantitative estimate of drug-likeness (QED) is 0.822. The Kier molecular flexibility index (Phi) is 4.71. The molecular weight excluding hydrogens is 234 g/mol. The van der Waals surface area contributed by atoms with E-state index in [1.54, 1.807) is 26.0 Å². The van der Waals surface area contributed by atoms with Crippen molar-refractivity contribution in [1.82, 2.24) is 0 Å². The summed E-state index contributed by atoms with van der Waals surface area (Å²) in [6.45, 7) is 6.96. The van der Waals surface area contributed by atoms with Crippen LogP contribution in [0, 0.1) is 6.92 Å². The smallest absolute Gasteiger partial charge is 0.161 e. The van der Waals surface area contributed by atoms with Gasteiger partial charge in [-0.15, -0.1) is 11.8 Å². The molecule has 0 heterocycles. The lowest BCUT2D eigenvalue weighted by atomic mass is 10.2. The lowest BCUT2D eigenvalue weighted by Crippen LogP contribution is -2.26. The number of aryl methyl sites for hydroxylation is 1. The number of methoxy groups -OCH3 is 2. The van der Waals surface area contributed by atoms with Gasteiger partial charge in [-0.3, -0.25) is 0 Å². The standard InChI is InChI=1S/C13H21NO2S/c1-9-6-10(15-4)11(16-5)7-12(9)17-13(2,3)8-14/h6-7H,8,14H2,1-5H3. The maximum absolute atomic E-state index is 5.75. The Morgan fingerprint density at radius 2 is 1.71 bits per heavy atom. The molecular formula is C13H21NO2S. The highest BCUT2D eigenvalue weighted by Crippen LogP contribution is 2.39. The van der Waals surface area contributed by atoms with Gasteiger partial charge in [0.25, 0.3) is 0 Å². The zero-order valence-corrected chi connectivity index (χ0v) is 12.0. The van der Waals surface area contributed by atoms with E-state index in [9.17, 15) is 0 Å². The van der Waals surface area contributed by atoms with Crippen molar-refractivity contribution in [3.05, 3.63) is 17.7 Å². The summed E-state index contributed by atoms with van der Waals surface area (Å²) in [5, 5.41) is 0. The van der Waals surface area contributed by atoms with Gasteiger partial charge in [-0.2, -0.15) is 0 Å². The number of rotatable bonds is 5. The van der Waals surface area contributed by atoms with Crippen molar-refractivity contribution in [2.75, 3.05) is 20.8 Å². The number of hydrogen-bond donors (Lipinski definition) is 1. The summed E-state index contributed by atoms with van der Waals surface area (Å²) in [7, 11) is 3.30. The molecule has 0 bridgehead atoms. The fraction of sp³-hybridized carbons (Fsp3) is 0.538. The zero-order valence-electron chi connectivity index (χ0n) is 11.2. The molecule has 3 nitrogen and oxygen atoms in total. The molecule has 0 aliphatic heterocycles. The highest BCUT2D eigenvalue weighted by atomic mass is 32.2. The van der Waals surface area contributed by atoms with Crippen LogP contribution in [0.4, 0.5) is 0 Å². The minimum absolute atomic E-state index is 0.0182. The Labute approximate surface area is 108 Å². The van der Waals surface area contributed by atoms with Gasteiger partial charge in [0.05, 0.1) is 14.2 Å².